The topological polar surface area (TPSA) is 109 Å². The Bertz CT molecular complexity index is 832. The van der Waals surface area contributed by atoms with Gasteiger partial charge in [-0.25, -0.2) is 18.4 Å². The third kappa shape index (κ3) is 1.97. The maximum atomic E-state index is 12.6. The molecule has 0 aliphatic carbocycles. The van der Waals surface area contributed by atoms with Crippen LogP contribution in [0.15, 0.2) is 29.0 Å². The number of rotatable bonds is 4. The standard InChI is InChI=1S/C10H12N6O2S2/c1-15(6-7-12-2-3-13-7)20(17,18)9-8(11)14-10-16(9)4-5-19-10/h2-5H,6,11H2,1H3,(H,12,13). The van der Waals surface area contributed by atoms with Crippen molar-refractivity contribution in [3.8, 4) is 0 Å². The van der Waals surface area contributed by atoms with E-state index in [-0.39, 0.29) is 17.4 Å². The molecule has 8 nitrogen and oxygen atoms in total. The number of H-pyrrole nitrogens is 1. The van der Waals surface area contributed by atoms with E-state index < -0.39 is 10.0 Å². The molecule has 0 unspecified atom stereocenters. The Labute approximate surface area is 118 Å². The summed E-state index contributed by atoms with van der Waals surface area (Å²) in [6.07, 6.45) is 4.84. The van der Waals surface area contributed by atoms with Crippen LogP contribution in [0.5, 0.6) is 0 Å². The molecule has 3 rings (SSSR count). The molecule has 0 aliphatic heterocycles. The number of sulfonamides is 1. The molecule has 3 aromatic heterocycles. The molecule has 0 spiro atoms. The lowest BCUT2D eigenvalue weighted by Crippen LogP contribution is -2.28. The van der Waals surface area contributed by atoms with E-state index in [2.05, 4.69) is 15.0 Å². The van der Waals surface area contributed by atoms with Gasteiger partial charge in [0.1, 0.15) is 5.82 Å². The Morgan fingerprint density at radius 3 is 3.05 bits per heavy atom. The molecule has 3 heterocycles. The van der Waals surface area contributed by atoms with Gasteiger partial charge in [0.05, 0.1) is 6.54 Å². The van der Waals surface area contributed by atoms with Gasteiger partial charge in [-0.05, 0) is 0 Å². The summed E-state index contributed by atoms with van der Waals surface area (Å²) in [4.78, 5) is 11.5. The number of anilines is 1. The summed E-state index contributed by atoms with van der Waals surface area (Å²) < 4.78 is 27.9. The smallest absolute Gasteiger partial charge is 0.263 e. The van der Waals surface area contributed by atoms with E-state index in [0.29, 0.717) is 10.8 Å². The lowest BCUT2D eigenvalue weighted by atomic mass is 10.6. The molecular formula is C10H12N6O2S2. The van der Waals surface area contributed by atoms with Crippen molar-refractivity contribution in [3.63, 3.8) is 0 Å². The first-order valence-electron chi connectivity index (χ1n) is 5.66. The summed E-state index contributed by atoms with van der Waals surface area (Å²) in [5.74, 6) is 0.559. The summed E-state index contributed by atoms with van der Waals surface area (Å²) in [6.45, 7) is 0.131. The molecule has 0 bridgehead atoms. The third-order valence-electron chi connectivity index (χ3n) is 2.83. The van der Waals surface area contributed by atoms with Crippen molar-refractivity contribution < 1.29 is 8.42 Å². The van der Waals surface area contributed by atoms with E-state index in [1.54, 1.807) is 24.0 Å². The molecule has 0 atom stereocenters. The zero-order valence-corrected chi connectivity index (χ0v) is 12.1. The van der Waals surface area contributed by atoms with E-state index in [1.165, 1.54) is 27.1 Å². The van der Waals surface area contributed by atoms with Crippen LogP contribution in [0, 0.1) is 0 Å². The number of nitrogens with zero attached hydrogens (tertiary/aromatic N) is 4. The monoisotopic (exact) mass is 312 g/mol. The lowest BCUT2D eigenvalue weighted by Gasteiger charge is -2.15. The number of nitrogens with one attached hydrogen (secondary N) is 1. The normalized spacial score (nSPS) is 12.5. The van der Waals surface area contributed by atoms with Crippen LogP contribution in [0.1, 0.15) is 5.82 Å². The predicted molar refractivity (Wildman–Crippen MR) is 74.7 cm³/mol. The first-order valence-corrected chi connectivity index (χ1v) is 7.98. The zero-order valence-electron chi connectivity index (χ0n) is 10.5. The predicted octanol–water partition coefficient (Wildman–Crippen LogP) is 0.522. The van der Waals surface area contributed by atoms with Crippen LogP contribution >= 0.6 is 11.3 Å². The number of nitrogen functional groups attached to an aromatic ring is 1. The molecular weight excluding hydrogens is 300 g/mol. The fourth-order valence-corrected chi connectivity index (χ4v) is 3.94. The maximum Gasteiger partial charge on any atom is 0.263 e. The van der Waals surface area contributed by atoms with Gasteiger partial charge in [0.25, 0.3) is 10.0 Å². The zero-order chi connectivity index (χ0) is 14.3. The van der Waals surface area contributed by atoms with Gasteiger partial charge in [0, 0.05) is 31.0 Å². The highest BCUT2D eigenvalue weighted by atomic mass is 32.2. The van der Waals surface area contributed by atoms with E-state index in [4.69, 9.17) is 5.73 Å². The van der Waals surface area contributed by atoms with Crippen LogP contribution in [0.3, 0.4) is 0 Å². The number of thiazole rings is 1. The second-order valence-electron chi connectivity index (χ2n) is 4.15. The van der Waals surface area contributed by atoms with Gasteiger partial charge >= 0.3 is 0 Å². The summed E-state index contributed by atoms with van der Waals surface area (Å²) in [6, 6.07) is 0. The molecule has 20 heavy (non-hydrogen) atoms. The Kier molecular flexibility index (Phi) is 3.00. The highest BCUT2D eigenvalue weighted by molar-refractivity contribution is 7.89. The van der Waals surface area contributed by atoms with Crippen molar-refractivity contribution in [2.45, 2.75) is 11.6 Å². The molecule has 106 valence electrons. The van der Waals surface area contributed by atoms with E-state index in [1.807, 2.05) is 0 Å². The molecule has 3 N–H and O–H groups in total. The minimum atomic E-state index is -3.74. The Morgan fingerprint density at radius 1 is 1.55 bits per heavy atom. The van der Waals surface area contributed by atoms with Crippen LogP contribution < -0.4 is 5.73 Å². The average molecular weight is 312 g/mol. The van der Waals surface area contributed by atoms with E-state index in [0.717, 1.165) is 0 Å². The molecule has 3 aromatic rings. The number of aromatic nitrogens is 4. The van der Waals surface area contributed by atoms with Crippen LogP contribution in [0.25, 0.3) is 4.96 Å². The van der Waals surface area contributed by atoms with Gasteiger partial charge in [0.2, 0.25) is 0 Å². The Morgan fingerprint density at radius 2 is 2.35 bits per heavy atom. The first-order chi connectivity index (χ1) is 9.50. The van der Waals surface area contributed by atoms with Gasteiger partial charge in [-0.15, -0.1) is 11.3 Å². The SMILES string of the molecule is CN(Cc1ncc[nH]1)S(=O)(=O)c1c(N)nc2sccn12. The van der Waals surface area contributed by atoms with Crippen LogP contribution in [0.2, 0.25) is 0 Å². The van der Waals surface area contributed by atoms with Gasteiger partial charge in [-0.1, -0.05) is 0 Å². The molecule has 0 aromatic carbocycles. The first kappa shape index (κ1) is 13.1. The number of nitrogens with two attached hydrogens (primary N) is 1. The van der Waals surface area contributed by atoms with Crippen molar-refractivity contribution in [1.82, 2.24) is 23.7 Å². The molecule has 0 saturated carbocycles. The Hall–Kier alpha value is -1.91. The summed E-state index contributed by atoms with van der Waals surface area (Å²) in [7, 11) is -2.27. The molecule has 0 aliphatic rings. The van der Waals surface area contributed by atoms with Gasteiger partial charge < -0.3 is 10.7 Å². The number of aromatic amines is 1. The van der Waals surface area contributed by atoms with Crippen molar-refractivity contribution in [2.75, 3.05) is 12.8 Å². The van der Waals surface area contributed by atoms with Crippen LogP contribution in [-0.4, -0.2) is 39.1 Å². The number of fused-ring (bicyclic) bond motifs is 1. The molecule has 0 amide bonds. The highest BCUT2D eigenvalue weighted by Gasteiger charge is 2.29. The highest BCUT2D eigenvalue weighted by Crippen LogP contribution is 2.26. The lowest BCUT2D eigenvalue weighted by molar-refractivity contribution is 0.455. The van der Waals surface area contributed by atoms with Crippen LogP contribution in [-0.2, 0) is 16.6 Å². The van der Waals surface area contributed by atoms with Crippen molar-refractivity contribution in [1.29, 1.82) is 0 Å². The summed E-state index contributed by atoms with van der Waals surface area (Å²) >= 11 is 1.33. The van der Waals surface area contributed by atoms with Crippen molar-refractivity contribution in [3.05, 3.63) is 29.8 Å². The van der Waals surface area contributed by atoms with Crippen molar-refractivity contribution >= 4 is 32.1 Å². The minimum absolute atomic E-state index is 0.00291. The van der Waals surface area contributed by atoms with Gasteiger partial charge in [-0.2, -0.15) is 4.31 Å². The van der Waals surface area contributed by atoms with E-state index >= 15 is 0 Å². The molecule has 0 saturated heterocycles. The summed E-state index contributed by atoms with van der Waals surface area (Å²) in [5.41, 5.74) is 5.74. The van der Waals surface area contributed by atoms with Gasteiger partial charge in [-0.3, -0.25) is 4.40 Å². The van der Waals surface area contributed by atoms with Gasteiger partial charge in [0.15, 0.2) is 15.8 Å². The third-order valence-corrected chi connectivity index (χ3v) is 5.43. The van der Waals surface area contributed by atoms with Crippen LogP contribution in [0.4, 0.5) is 5.82 Å². The second-order valence-corrected chi connectivity index (χ2v) is 6.99. The fourth-order valence-electron chi connectivity index (χ4n) is 1.87. The summed E-state index contributed by atoms with van der Waals surface area (Å²) in [5, 5.41) is 1.75. The number of hydrogen-bond acceptors (Lipinski definition) is 6. The second kappa shape index (κ2) is 4.58. The molecule has 0 fully saturated rings. The fraction of sp³-hybridized carbons (Fsp3) is 0.200. The van der Waals surface area contributed by atoms with E-state index in [9.17, 15) is 8.42 Å². The average Bonchev–Trinajstić information content (AvgIpc) is 3.05. The number of hydrogen-bond donors (Lipinski definition) is 2. The Balaban J connectivity index is 2.02. The minimum Gasteiger partial charge on any atom is -0.381 e. The molecule has 0 radical (unpaired) electrons. The quantitative estimate of drug-likeness (QED) is 0.730. The maximum absolute atomic E-state index is 12.6. The molecule has 10 heteroatoms. The largest absolute Gasteiger partial charge is 0.381 e. The van der Waals surface area contributed by atoms with Crippen molar-refractivity contribution in [2.24, 2.45) is 0 Å². The number of imidazole rings is 2.